The Balaban J connectivity index is 0.000000268. The van der Waals surface area contributed by atoms with Crippen LogP contribution in [0.15, 0.2) is 70.3 Å². The number of carbonyl (C=O) groups is 16. The number of nitrogens with zero attached hydrogens (tertiary/aromatic N) is 6. The lowest BCUT2D eigenvalue weighted by atomic mass is 9.86. The molecular formula is C95H118F2N12O25S. The third-order valence-corrected chi connectivity index (χ3v) is 24.0. The van der Waals surface area contributed by atoms with Crippen LogP contribution in [-0.2, 0) is 146 Å². The lowest BCUT2D eigenvalue weighted by Crippen LogP contribution is -2.44. The molecule has 728 valence electrons. The van der Waals surface area contributed by atoms with Crippen LogP contribution in [0, 0.1) is 49.2 Å². The number of rotatable bonds is 41. The first-order chi connectivity index (χ1) is 64.0. The van der Waals surface area contributed by atoms with Gasteiger partial charge in [-0.1, -0.05) is 61.8 Å². The number of aryl methyl sites for hydroxylation is 2. The van der Waals surface area contributed by atoms with Crippen LogP contribution < -0.4 is 43.4 Å². The standard InChI is InChI=1S/C46H53FN6O12.C24H35N3O9.C22H20FN3O4.C2H6S.CH4/c1-6-46(63)33-17-36-41-31(20-53(36)44(61)32(33)21-65-45(46)62)30(29-15-24(2)34(47)18-35(29)51-41)19-48-38(56)22-64-23-49-42(59)26(4)16-37(55)27(5)50-43(60)25(3)14-28(54)10-8-7-9-13-52-39(57)11-12-40(52)58;1-15(11-18(28)7-5-4-6-10-27-20(30)8-9-21(27)31)24(35)26-17(3)19(29)12-16(2)23(34)25-14-36-13-22(32)33;1-3-22(29)15-5-18-19-13(8-26(18)20(27)14(15)9-30-21(22)28)12(7-24)11-4-10(2)16(23)6-17(11)25-19;1-3-2;/h11-12,15,17-18,25-27,63H,6-10,13-14,16,19-23H2,1-5H3,(H,48,56)(H,49,59)(H,50,60);8-9,15-17H,4-7,10-14H2,1-3H3,(H,25,34)(H,26,35)(H,32,33);4-6,29H,3,7-9,24H2,1-2H3;1-2H3;1H4/t25-,26-,27+,46+;15-,16-,17+;22-;;/m110../s1/i;;;1D;. The van der Waals surface area contributed by atoms with E-state index in [9.17, 15) is 105 Å². The van der Waals surface area contributed by atoms with E-state index in [2.05, 4.69) is 31.6 Å². The van der Waals surface area contributed by atoms with Crippen molar-refractivity contribution in [3.8, 4) is 22.8 Å². The minimum atomic E-state index is -2.04. The molecule has 6 aromatic rings. The van der Waals surface area contributed by atoms with Gasteiger partial charge in [0.15, 0.2) is 22.8 Å². The zero-order valence-electron chi connectivity index (χ0n) is 77.6. The van der Waals surface area contributed by atoms with Crippen LogP contribution in [0.3, 0.4) is 0 Å². The number of ketones is 4. The zero-order valence-corrected chi connectivity index (χ0v) is 77.4. The number of aliphatic carboxylic acids is 1. The second kappa shape index (κ2) is 48.0. The van der Waals surface area contributed by atoms with Gasteiger partial charge in [0.25, 0.3) is 34.7 Å². The number of ether oxygens (including phenoxy) is 4. The van der Waals surface area contributed by atoms with E-state index in [-0.39, 0.29) is 198 Å². The number of Topliss-reactive ketones (excluding diaryl/α,β-unsaturated/α-hetero) is 4. The Bertz CT molecular complexity index is 5840. The molecule has 0 saturated heterocycles. The van der Waals surface area contributed by atoms with E-state index in [0.29, 0.717) is 107 Å². The summed E-state index contributed by atoms with van der Waals surface area (Å²) in [5.74, 6) is -11.4. The number of fused-ring (bicyclic) bond motifs is 10. The van der Waals surface area contributed by atoms with Crippen molar-refractivity contribution in [1.82, 2.24) is 55.5 Å². The summed E-state index contributed by atoms with van der Waals surface area (Å²) < 4.78 is 58.8. The second-order valence-electron chi connectivity index (χ2n) is 33.8. The lowest BCUT2D eigenvalue weighted by molar-refractivity contribution is -0.172. The molecule has 0 bridgehead atoms. The smallest absolute Gasteiger partial charge is 0.343 e. The number of amides is 9. The molecule has 0 unspecified atom stereocenters. The van der Waals surface area contributed by atoms with Crippen molar-refractivity contribution in [3.05, 3.63) is 149 Å². The van der Waals surface area contributed by atoms with Gasteiger partial charge in [-0.3, -0.25) is 81.7 Å². The number of nitrogens with one attached hydrogen (secondary N) is 5. The Kier molecular flexibility index (Phi) is 37.7. The predicted octanol–water partition coefficient (Wildman–Crippen LogP) is 6.36. The minimum Gasteiger partial charge on any atom is -0.480 e. The van der Waals surface area contributed by atoms with Crippen LogP contribution in [0.5, 0.6) is 0 Å². The number of pyridine rings is 4. The molecule has 37 nitrogen and oxygen atoms in total. The number of benzene rings is 2. The Morgan fingerprint density at radius 2 is 0.919 bits per heavy atom. The number of unbranched alkanes of at least 4 members (excludes halogenated alkanes) is 4. The quantitative estimate of drug-likeness (QED) is 0.00871. The van der Waals surface area contributed by atoms with E-state index in [1.807, 2.05) is 6.26 Å². The van der Waals surface area contributed by atoms with E-state index < -0.39 is 125 Å². The molecule has 9 amide bonds. The van der Waals surface area contributed by atoms with Gasteiger partial charge in [-0.2, -0.15) is 11.8 Å². The summed E-state index contributed by atoms with van der Waals surface area (Å²) in [6, 6.07) is 7.36. The van der Waals surface area contributed by atoms with Crippen molar-refractivity contribution in [2.24, 2.45) is 29.4 Å². The number of nitrogens with two attached hydrogens (primary N) is 1. The Hall–Kier alpha value is -12.6. The Morgan fingerprint density at radius 3 is 1.30 bits per heavy atom. The number of carboxylic acid groups (broad SMARTS) is 1. The topological polar surface area (TPSA) is 533 Å². The molecule has 6 aliphatic rings. The molecule has 8 atom stereocenters. The monoisotopic (exact) mass is 1900 g/mol. The highest BCUT2D eigenvalue weighted by atomic mass is 32.2. The number of aliphatic hydroxyl groups is 2. The van der Waals surface area contributed by atoms with Crippen LogP contribution in [0.1, 0.15) is 210 Å². The van der Waals surface area contributed by atoms with E-state index in [1.54, 1.807) is 70.4 Å². The molecule has 0 spiro atoms. The molecule has 0 radical (unpaired) electrons. The highest BCUT2D eigenvalue weighted by Gasteiger charge is 2.48. The number of cyclic esters (lactones) is 2. The number of hydrogen-bond donors (Lipinski definition) is 9. The number of aromatic nitrogens is 4. The van der Waals surface area contributed by atoms with Crippen molar-refractivity contribution in [2.75, 3.05) is 52.3 Å². The maximum Gasteiger partial charge on any atom is 0.343 e. The number of thioether (sulfide) groups is 1. The molecule has 0 aliphatic carbocycles. The molecule has 40 heteroatoms. The molecule has 0 saturated carbocycles. The summed E-state index contributed by atoms with van der Waals surface area (Å²) in [5, 5.41) is 44.8. The summed E-state index contributed by atoms with van der Waals surface area (Å²) >= 11 is 1.52. The third kappa shape index (κ3) is 25.9. The molecule has 4 aromatic heterocycles. The van der Waals surface area contributed by atoms with Gasteiger partial charge in [-0.05, 0) is 125 Å². The summed E-state index contributed by atoms with van der Waals surface area (Å²) in [5.41, 5.74) is 8.00. The molecular weight excluding hydrogens is 1780 g/mol. The van der Waals surface area contributed by atoms with Crippen molar-refractivity contribution in [1.29, 1.82) is 0 Å². The SMILES string of the molecule is C.CC[C@@]1(O)C(=O)OCc2c1cc1n(c2=O)Cc2c-1nc1cc(F)c(C)cc1c2CN.CC[C@@]1(O)C(=O)OCc2c1cc1n(c2=O)Cc2c-1nc1cc(F)c(C)cc1c2CNC(=O)COCNC(=O)[C@H](C)CC(=O)[C@H](C)NC(=O)[C@H](C)CC(=O)CCCCCN1C(=O)C=CC1=O.C[C@H](CC(=O)[C@H](C)NC(=O)[C@H](C)CC(=O)CCCCCN1C(=O)C=CC1=O)C(=O)NCOCC(=O)O.[2H]CSC. The van der Waals surface area contributed by atoms with Gasteiger partial charge < -0.3 is 75.7 Å². The van der Waals surface area contributed by atoms with Gasteiger partial charge in [-0.25, -0.2) is 33.1 Å². The predicted molar refractivity (Wildman–Crippen MR) is 489 cm³/mol. The maximum atomic E-state index is 14.8. The minimum absolute atomic E-state index is 0. The zero-order chi connectivity index (χ0) is 99.4. The summed E-state index contributed by atoms with van der Waals surface area (Å²) in [6.07, 6.45) is 11.0. The van der Waals surface area contributed by atoms with Gasteiger partial charge in [0.2, 0.25) is 29.5 Å². The molecule has 10 heterocycles. The number of esters is 2. The van der Waals surface area contributed by atoms with E-state index in [4.69, 9.17) is 36.1 Å². The number of halogens is 2. The van der Waals surface area contributed by atoms with E-state index in [0.717, 1.165) is 26.3 Å². The van der Waals surface area contributed by atoms with Crippen molar-refractivity contribution in [3.63, 3.8) is 0 Å². The fourth-order valence-electron chi connectivity index (χ4n) is 16.1. The van der Waals surface area contributed by atoms with Crippen LogP contribution >= 0.6 is 11.8 Å². The Morgan fingerprint density at radius 1 is 0.541 bits per heavy atom. The van der Waals surface area contributed by atoms with E-state index in [1.165, 1.54) is 80.5 Å². The maximum absolute atomic E-state index is 14.8. The van der Waals surface area contributed by atoms with Crippen LogP contribution in [0.25, 0.3) is 44.6 Å². The number of imide groups is 2. The van der Waals surface area contributed by atoms with E-state index >= 15 is 0 Å². The van der Waals surface area contributed by atoms with Gasteiger partial charge >= 0.3 is 17.9 Å². The number of carboxylic acids is 1. The summed E-state index contributed by atoms with van der Waals surface area (Å²) in [6.45, 7) is 14.6. The van der Waals surface area contributed by atoms with Gasteiger partial charge in [-0.15, -0.1) is 0 Å². The highest BCUT2D eigenvalue weighted by molar-refractivity contribution is 7.97. The third-order valence-electron chi connectivity index (χ3n) is 24.0. The average molecular weight is 1900 g/mol. The largest absolute Gasteiger partial charge is 0.480 e. The fourth-order valence-corrected chi connectivity index (χ4v) is 16.1. The highest BCUT2D eigenvalue weighted by Crippen LogP contribution is 2.43. The number of carbonyl (C=O) groups excluding carboxylic acids is 15. The lowest BCUT2D eigenvalue weighted by Gasteiger charge is -2.31. The van der Waals surface area contributed by atoms with Gasteiger partial charge in [0.1, 0.15) is 63.1 Å². The van der Waals surface area contributed by atoms with Gasteiger partial charge in [0.05, 0.1) is 70.1 Å². The average Bonchev–Trinajstić information content (AvgIpc) is 1.55. The fraction of sp³-hybridized carbons (Fsp3) is 0.495. The summed E-state index contributed by atoms with van der Waals surface area (Å²) in [4.78, 5) is 233. The van der Waals surface area contributed by atoms with Crippen molar-refractivity contribution in [2.45, 2.75) is 229 Å². The van der Waals surface area contributed by atoms with Crippen molar-refractivity contribution >= 4 is 128 Å². The molecule has 0 fully saturated rings. The van der Waals surface area contributed by atoms with Gasteiger partial charge in [0, 0.05) is 159 Å². The molecule has 135 heavy (non-hydrogen) atoms. The molecule has 10 N–H and O–H groups in total. The first-order valence-electron chi connectivity index (χ1n) is 44.7. The molecule has 12 rings (SSSR count). The molecule has 2 aromatic carbocycles. The van der Waals surface area contributed by atoms with Crippen LogP contribution in [0.4, 0.5) is 8.78 Å². The first-order valence-corrected chi connectivity index (χ1v) is 45.4. The second-order valence-corrected chi connectivity index (χ2v) is 34.4. The summed E-state index contributed by atoms with van der Waals surface area (Å²) in [7, 11) is 0. The Labute approximate surface area is 783 Å². The first kappa shape index (κ1) is 106. The molecule has 6 aliphatic heterocycles. The van der Waals surface area contributed by atoms with Crippen LogP contribution in [0.2, 0.25) is 0 Å². The number of hydrogen-bond acceptors (Lipinski definition) is 28. The van der Waals surface area contributed by atoms with Crippen LogP contribution in [-0.4, -0.2) is 203 Å². The van der Waals surface area contributed by atoms with Crippen molar-refractivity contribution < 1.29 is 121 Å². The normalized spacial score (nSPS) is 17.1.